The molecule has 0 saturated carbocycles. The first-order valence-electron chi connectivity index (χ1n) is 6.30. The number of hydrogen-bond donors (Lipinski definition) is 1. The van der Waals surface area contributed by atoms with Crippen LogP contribution in [0, 0.1) is 17.1 Å². The number of halogens is 2. The molecule has 1 N–H and O–H groups in total. The van der Waals surface area contributed by atoms with Gasteiger partial charge in [-0.2, -0.15) is 5.26 Å². The van der Waals surface area contributed by atoms with Crippen LogP contribution in [0.15, 0.2) is 36.4 Å². The van der Waals surface area contributed by atoms with E-state index in [4.69, 9.17) is 21.6 Å². The van der Waals surface area contributed by atoms with E-state index in [2.05, 4.69) is 0 Å². The fourth-order valence-corrected chi connectivity index (χ4v) is 2.07. The predicted molar refractivity (Wildman–Crippen MR) is 77.5 cm³/mol. The van der Waals surface area contributed by atoms with E-state index in [1.807, 2.05) is 0 Å². The zero-order valence-corrected chi connectivity index (χ0v) is 12.1. The summed E-state index contributed by atoms with van der Waals surface area (Å²) in [4.78, 5) is 0. The Balaban J connectivity index is 2.19. The van der Waals surface area contributed by atoms with Crippen molar-refractivity contribution in [3.05, 3.63) is 63.9 Å². The summed E-state index contributed by atoms with van der Waals surface area (Å²) in [5, 5.41) is 19.0. The molecule has 0 aliphatic rings. The minimum Gasteiger partial charge on any atom is -0.489 e. The molecule has 3 nitrogen and oxygen atoms in total. The van der Waals surface area contributed by atoms with Gasteiger partial charge in [0, 0.05) is 10.6 Å². The molecule has 1 atom stereocenters. The molecule has 0 unspecified atom stereocenters. The Morgan fingerprint density at radius 1 is 1.33 bits per heavy atom. The second-order valence-electron chi connectivity index (χ2n) is 4.57. The Bertz CT molecular complexity index is 695. The van der Waals surface area contributed by atoms with Crippen molar-refractivity contribution in [1.82, 2.24) is 0 Å². The van der Waals surface area contributed by atoms with Crippen LogP contribution in [0.2, 0.25) is 5.02 Å². The first-order chi connectivity index (χ1) is 10.0. The number of hydrogen-bond acceptors (Lipinski definition) is 3. The molecule has 2 rings (SSSR count). The fraction of sp³-hybridized carbons (Fsp3) is 0.188. The lowest BCUT2D eigenvalue weighted by molar-refractivity contribution is 0.190. The quantitative estimate of drug-likeness (QED) is 0.929. The molecule has 0 bridgehead atoms. The van der Waals surface area contributed by atoms with Crippen LogP contribution in [0.1, 0.15) is 29.7 Å². The maximum Gasteiger partial charge on any atom is 0.140 e. The second-order valence-corrected chi connectivity index (χ2v) is 5.01. The molecule has 0 aromatic heterocycles. The number of aliphatic hydroxyl groups excluding tert-OH is 1. The van der Waals surface area contributed by atoms with Crippen LogP contribution in [0.4, 0.5) is 4.39 Å². The molecular formula is C16H13ClFNO2. The zero-order valence-electron chi connectivity index (χ0n) is 11.3. The van der Waals surface area contributed by atoms with Crippen molar-refractivity contribution in [2.45, 2.75) is 19.6 Å². The minimum atomic E-state index is -0.721. The molecule has 0 saturated heterocycles. The molecule has 0 heterocycles. The van der Waals surface area contributed by atoms with Gasteiger partial charge in [-0.15, -0.1) is 0 Å². The molecule has 2 aromatic carbocycles. The lowest BCUT2D eigenvalue weighted by Gasteiger charge is -2.14. The summed E-state index contributed by atoms with van der Waals surface area (Å²) in [5.41, 5.74) is 1.22. The Kier molecular flexibility index (Phi) is 4.79. The zero-order chi connectivity index (χ0) is 15.4. The Morgan fingerprint density at radius 2 is 2.10 bits per heavy atom. The molecule has 21 heavy (non-hydrogen) atoms. The molecule has 0 spiro atoms. The average Bonchev–Trinajstić information content (AvgIpc) is 2.47. The summed E-state index contributed by atoms with van der Waals surface area (Å²) in [7, 11) is 0. The highest BCUT2D eigenvalue weighted by molar-refractivity contribution is 6.30. The van der Waals surface area contributed by atoms with E-state index in [1.54, 1.807) is 37.3 Å². The predicted octanol–water partition coefficient (Wildman–Crippen LogP) is 3.98. The van der Waals surface area contributed by atoms with Crippen molar-refractivity contribution in [3.63, 3.8) is 0 Å². The lowest BCUT2D eigenvalue weighted by atomic mass is 10.1. The van der Waals surface area contributed by atoms with Crippen LogP contribution >= 0.6 is 11.6 Å². The SMILES string of the molecule is C[C@@H](O)c1cc(Cl)ccc1OCc1ccc(F)c(C#N)c1. The molecule has 5 heteroatoms. The van der Waals surface area contributed by atoms with Gasteiger partial charge in [-0.05, 0) is 42.8 Å². The number of ether oxygens (including phenoxy) is 1. The first-order valence-corrected chi connectivity index (χ1v) is 6.68. The largest absolute Gasteiger partial charge is 0.489 e. The van der Waals surface area contributed by atoms with Crippen molar-refractivity contribution >= 4 is 11.6 Å². The van der Waals surface area contributed by atoms with Gasteiger partial charge in [-0.1, -0.05) is 17.7 Å². The molecule has 2 aromatic rings. The van der Waals surface area contributed by atoms with Gasteiger partial charge in [0.15, 0.2) is 0 Å². The van der Waals surface area contributed by atoms with Crippen molar-refractivity contribution in [3.8, 4) is 11.8 Å². The van der Waals surface area contributed by atoms with Gasteiger partial charge in [0.05, 0.1) is 11.7 Å². The lowest BCUT2D eigenvalue weighted by Crippen LogP contribution is -2.01. The summed E-state index contributed by atoms with van der Waals surface area (Å²) >= 11 is 5.89. The van der Waals surface area contributed by atoms with Crippen molar-refractivity contribution in [1.29, 1.82) is 5.26 Å². The standard InChI is InChI=1S/C16H13ClFNO2/c1-10(20)14-7-13(17)3-5-16(14)21-9-11-2-4-15(18)12(6-11)8-19/h2-7,10,20H,9H2,1H3/t10-/m1/s1. The van der Waals surface area contributed by atoms with Gasteiger partial charge < -0.3 is 9.84 Å². The Labute approximate surface area is 127 Å². The fourth-order valence-electron chi connectivity index (χ4n) is 1.89. The van der Waals surface area contributed by atoms with Crippen molar-refractivity contribution < 1.29 is 14.2 Å². The molecule has 0 aliphatic carbocycles. The van der Waals surface area contributed by atoms with Gasteiger partial charge in [0.2, 0.25) is 0 Å². The highest BCUT2D eigenvalue weighted by Crippen LogP contribution is 2.29. The van der Waals surface area contributed by atoms with E-state index in [9.17, 15) is 9.50 Å². The van der Waals surface area contributed by atoms with Crippen LogP contribution in [0.25, 0.3) is 0 Å². The van der Waals surface area contributed by atoms with E-state index in [0.717, 1.165) is 0 Å². The summed E-state index contributed by atoms with van der Waals surface area (Å²) in [6.07, 6.45) is -0.721. The number of benzene rings is 2. The summed E-state index contributed by atoms with van der Waals surface area (Å²) in [6, 6.07) is 11.0. The number of nitrogens with zero attached hydrogens (tertiary/aromatic N) is 1. The normalized spacial score (nSPS) is 11.8. The van der Waals surface area contributed by atoms with Gasteiger partial charge in [0.1, 0.15) is 24.2 Å². The third-order valence-corrected chi connectivity index (χ3v) is 3.20. The third-order valence-electron chi connectivity index (χ3n) is 2.97. The van der Waals surface area contributed by atoms with Crippen LogP contribution in [0.5, 0.6) is 5.75 Å². The van der Waals surface area contributed by atoms with Gasteiger partial charge in [0.25, 0.3) is 0 Å². The maximum absolute atomic E-state index is 13.2. The van der Waals surface area contributed by atoms with Crippen LogP contribution in [-0.4, -0.2) is 5.11 Å². The molecule has 0 amide bonds. The van der Waals surface area contributed by atoms with Gasteiger partial charge in [-0.3, -0.25) is 0 Å². The highest BCUT2D eigenvalue weighted by Gasteiger charge is 2.11. The Morgan fingerprint density at radius 3 is 2.76 bits per heavy atom. The van der Waals surface area contributed by atoms with Crippen LogP contribution < -0.4 is 4.74 Å². The Hall–Kier alpha value is -2.09. The monoisotopic (exact) mass is 305 g/mol. The van der Waals surface area contributed by atoms with E-state index in [-0.39, 0.29) is 12.2 Å². The molecule has 0 fully saturated rings. The number of rotatable bonds is 4. The molecular weight excluding hydrogens is 293 g/mol. The van der Waals surface area contributed by atoms with E-state index in [0.29, 0.717) is 21.9 Å². The topological polar surface area (TPSA) is 53.2 Å². The number of nitriles is 1. The third kappa shape index (κ3) is 3.72. The average molecular weight is 306 g/mol. The highest BCUT2D eigenvalue weighted by atomic mass is 35.5. The summed E-state index contributed by atoms with van der Waals surface area (Å²) < 4.78 is 18.9. The van der Waals surface area contributed by atoms with Crippen LogP contribution in [0.3, 0.4) is 0 Å². The minimum absolute atomic E-state index is 0.0250. The van der Waals surface area contributed by atoms with Crippen molar-refractivity contribution in [2.75, 3.05) is 0 Å². The smallest absolute Gasteiger partial charge is 0.140 e. The maximum atomic E-state index is 13.2. The molecule has 0 aliphatic heterocycles. The molecule has 108 valence electrons. The van der Waals surface area contributed by atoms with E-state index < -0.39 is 11.9 Å². The first kappa shape index (κ1) is 15.3. The summed E-state index contributed by atoms with van der Waals surface area (Å²) in [6.45, 7) is 1.78. The number of aliphatic hydroxyl groups is 1. The van der Waals surface area contributed by atoms with Gasteiger partial charge in [-0.25, -0.2) is 4.39 Å². The summed E-state index contributed by atoms with van der Waals surface area (Å²) in [5.74, 6) is -0.0605. The van der Waals surface area contributed by atoms with E-state index >= 15 is 0 Å². The second kappa shape index (κ2) is 6.57. The van der Waals surface area contributed by atoms with Crippen molar-refractivity contribution in [2.24, 2.45) is 0 Å². The van der Waals surface area contributed by atoms with E-state index in [1.165, 1.54) is 12.1 Å². The van der Waals surface area contributed by atoms with Gasteiger partial charge >= 0.3 is 0 Å². The molecule has 0 radical (unpaired) electrons. The van der Waals surface area contributed by atoms with Crippen LogP contribution in [-0.2, 0) is 6.61 Å².